The second-order valence-electron chi connectivity index (χ2n) is 5.72. The Morgan fingerprint density at radius 2 is 1.56 bits per heavy atom. The van der Waals surface area contributed by atoms with Crippen LogP contribution in [0.1, 0.15) is 79.6 Å². The highest BCUT2D eigenvalue weighted by Gasteiger charge is 2.16. The molecular formula is C15H29NO2. The highest BCUT2D eigenvalue weighted by molar-refractivity contribution is 5.93. The average molecular weight is 255 g/mol. The standard InChI is InChI=1S/C15H29NO2/c1-6-8-10-12-13(11-9-7-2)16-14(17)18-15(3,4)5/h6-12H2,1-5H3/b16-13-. The van der Waals surface area contributed by atoms with Crippen molar-refractivity contribution in [3.8, 4) is 0 Å². The number of nitrogens with zero attached hydrogens (tertiary/aromatic N) is 1. The summed E-state index contributed by atoms with van der Waals surface area (Å²) in [5.74, 6) is 0. The van der Waals surface area contributed by atoms with Gasteiger partial charge < -0.3 is 4.74 Å². The minimum absolute atomic E-state index is 0.440. The molecule has 0 rings (SSSR count). The molecular weight excluding hydrogens is 226 g/mol. The van der Waals surface area contributed by atoms with Crippen LogP contribution in [-0.2, 0) is 4.74 Å². The maximum absolute atomic E-state index is 11.7. The van der Waals surface area contributed by atoms with Crippen molar-refractivity contribution in [3.63, 3.8) is 0 Å². The van der Waals surface area contributed by atoms with Crippen LogP contribution in [0.3, 0.4) is 0 Å². The number of carbonyl (C=O) groups excluding carboxylic acids is 1. The molecule has 0 bridgehead atoms. The maximum atomic E-state index is 11.7. The van der Waals surface area contributed by atoms with Gasteiger partial charge in [-0.3, -0.25) is 0 Å². The summed E-state index contributed by atoms with van der Waals surface area (Å²) in [5, 5.41) is 0. The van der Waals surface area contributed by atoms with Gasteiger partial charge in [-0.15, -0.1) is 0 Å². The lowest BCUT2D eigenvalue weighted by Crippen LogP contribution is -2.22. The van der Waals surface area contributed by atoms with Crippen LogP contribution in [0.4, 0.5) is 4.79 Å². The zero-order valence-corrected chi connectivity index (χ0v) is 12.7. The predicted octanol–water partition coefficient (Wildman–Crippen LogP) is 5.13. The molecule has 0 aliphatic heterocycles. The largest absolute Gasteiger partial charge is 0.442 e. The van der Waals surface area contributed by atoms with E-state index in [0.29, 0.717) is 0 Å². The van der Waals surface area contributed by atoms with Crippen molar-refractivity contribution < 1.29 is 9.53 Å². The predicted molar refractivity (Wildman–Crippen MR) is 77.3 cm³/mol. The van der Waals surface area contributed by atoms with Crippen LogP contribution in [0.5, 0.6) is 0 Å². The summed E-state index contributed by atoms with van der Waals surface area (Å²) in [6.07, 6.45) is 7.11. The van der Waals surface area contributed by atoms with Gasteiger partial charge in [0.2, 0.25) is 0 Å². The van der Waals surface area contributed by atoms with Crippen LogP contribution in [-0.4, -0.2) is 17.4 Å². The number of ether oxygens (including phenoxy) is 1. The normalized spacial score (nSPS) is 12.6. The van der Waals surface area contributed by atoms with Gasteiger partial charge in [-0.25, -0.2) is 4.79 Å². The van der Waals surface area contributed by atoms with Gasteiger partial charge in [0, 0.05) is 5.71 Å². The maximum Gasteiger partial charge on any atom is 0.434 e. The van der Waals surface area contributed by atoms with E-state index >= 15 is 0 Å². The number of unbranched alkanes of at least 4 members (excludes halogenated alkanes) is 3. The number of aliphatic imine (C=N–C) groups is 1. The van der Waals surface area contributed by atoms with Crippen molar-refractivity contribution >= 4 is 11.8 Å². The summed E-state index contributed by atoms with van der Waals surface area (Å²) in [7, 11) is 0. The van der Waals surface area contributed by atoms with E-state index in [0.717, 1.165) is 37.8 Å². The van der Waals surface area contributed by atoms with E-state index in [9.17, 15) is 4.79 Å². The van der Waals surface area contributed by atoms with Crippen molar-refractivity contribution in [3.05, 3.63) is 0 Å². The van der Waals surface area contributed by atoms with Crippen LogP contribution in [0.25, 0.3) is 0 Å². The zero-order valence-electron chi connectivity index (χ0n) is 12.7. The zero-order chi connectivity index (χ0) is 14.0. The summed E-state index contributed by atoms with van der Waals surface area (Å²) in [6.45, 7) is 9.92. The van der Waals surface area contributed by atoms with Gasteiger partial charge in [-0.1, -0.05) is 33.1 Å². The molecule has 0 saturated heterocycles. The van der Waals surface area contributed by atoms with Crippen molar-refractivity contribution in [1.82, 2.24) is 0 Å². The Balaban J connectivity index is 4.37. The van der Waals surface area contributed by atoms with Gasteiger partial charge in [-0.05, 0) is 46.5 Å². The third-order valence-electron chi connectivity index (χ3n) is 2.53. The molecule has 18 heavy (non-hydrogen) atoms. The molecule has 0 N–H and O–H groups in total. The second-order valence-corrected chi connectivity index (χ2v) is 5.72. The molecule has 0 heterocycles. The molecule has 3 heteroatoms. The van der Waals surface area contributed by atoms with Crippen LogP contribution in [0, 0.1) is 0 Å². The molecule has 0 aromatic carbocycles. The van der Waals surface area contributed by atoms with Gasteiger partial charge in [-0.2, -0.15) is 4.99 Å². The molecule has 0 saturated carbocycles. The quantitative estimate of drug-likeness (QED) is 0.467. The first kappa shape index (κ1) is 17.1. The number of rotatable bonds is 7. The van der Waals surface area contributed by atoms with Gasteiger partial charge >= 0.3 is 6.09 Å². The molecule has 0 spiro atoms. The first-order chi connectivity index (χ1) is 8.39. The van der Waals surface area contributed by atoms with Gasteiger partial charge in [0.05, 0.1) is 0 Å². The first-order valence-corrected chi connectivity index (χ1v) is 7.18. The van der Waals surface area contributed by atoms with Crippen LogP contribution in [0.2, 0.25) is 0 Å². The Hall–Kier alpha value is -0.860. The lowest BCUT2D eigenvalue weighted by Gasteiger charge is -2.17. The van der Waals surface area contributed by atoms with Crippen LogP contribution < -0.4 is 0 Å². The van der Waals surface area contributed by atoms with E-state index in [-0.39, 0.29) is 0 Å². The molecule has 0 atom stereocenters. The molecule has 3 nitrogen and oxygen atoms in total. The number of carbonyl (C=O) groups is 1. The third-order valence-corrected chi connectivity index (χ3v) is 2.53. The smallest absolute Gasteiger partial charge is 0.434 e. The fraction of sp³-hybridized carbons (Fsp3) is 0.867. The molecule has 106 valence electrons. The summed E-state index contributed by atoms with van der Waals surface area (Å²) >= 11 is 0. The highest BCUT2D eigenvalue weighted by Crippen LogP contribution is 2.11. The highest BCUT2D eigenvalue weighted by atomic mass is 16.6. The van der Waals surface area contributed by atoms with E-state index < -0.39 is 11.7 Å². The lowest BCUT2D eigenvalue weighted by molar-refractivity contribution is 0.0603. The topological polar surface area (TPSA) is 38.7 Å². The summed E-state index contributed by atoms with van der Waals surface area (Å²) in [6, 6.07) is 0. The SMILES string of the molecule is CCCCC/C(CCCC)=N\C(=O)OC(C)(C)C. The van der Waals surface area contributed by atoms with Crippen LogP contribution in [0.15, 0.2) is 4.99 Å². The fourth-order valence-electron chi connectivity index (χ4n) is 1.61. The minimum Gasteiger partial charge on any atom is -0.442 e. The Bertz CT molecular complexity index is 264. The van der Waals surface area contributed by atoms with Crippen molar-refractivity contribution in [2.24, 2.45) is 4.99 Å². The Kier molecular flexibility index (Phi) is 8.69. The molecule has 0 fully saturated rings. The number of amides is 1. The van der Waals surface area contributed by atoms with Crippen molar-refractivity contribution in [2.45, 2.75) is 85.2 Å². The van der Waals surface area contributed by atoms with E-state index in [1.807, 2.05) is 20.8 Å². The molecule has 0 aromatic heterocycles. The number of hydrogen-bond acceptors (Lipinski definition) is 2. The average Bonchev–Trinajstić information content (AvgIpc) is 2.23. The Morgan fingerprint density at radius 1 is 1.00 bits per heavy atom. The van der Waals surface area contributed by atoms with E-state index in [1.165, 1.54) is 12.8 Å². The molecule has 0 aromatic rings. The summed E-state index contributed by atoms with van der Waals surface area (Å²) in [4.78, 5) is 15.8. The minimum atomic E-state index is -0.458. The molecule has 0 radical (unpaired) electrons. The van der Waals surface area contributed by atoms with Gasteiger partial charge in [0.25, 0.3) is 0 Å². The van der Waals surface area contributed by atoms with E-state index in [2.05, 4.69) is 18.8 Å². The second kappa shape index (κ2) is 9.12. The fourth-order valence-corrected chi connectivity index (χ4v) is 1.61. The Morgan fingerprint density at radius 3 is 2.06 bits per heavy atom. The summed E-state index contributed by atoms with van der Waals surface area (Å²) in [5.41, 5.74) is 0.541. The first-order valence-electron chi connectivity index (χ1n) is 7.18. The Labute approximate surface area is 112 Å². The molecule has 0 aliphatic carbocycles. The van der Waals surface area contributed by atoms with Crippen LogP contribution >= 0.6 is 0 Å². The van der Waals surface area contributed by atoms with Gasteiger partial charge in [0.15, 0.2) is 0 Å². The molecule has 1 amide bonds. The van der Waals surface area contributed by atoms with E-state index in [4.69, 9.17) is 4.74 Å². The van der Waals surface area contributed by atoms with Crippen molar-refractivity contribution in [1.29, 1.82) is 0 Å². The van der Waals surface area contributed by atoms with E-state index in [1.54, 1.807) is 0 Å². The lowest BCUT2D eigenvalue weighted by atomic mass is 10.1. The molecule has 0 unspecified atom stereocenters. The molecule has 0 aliphatic rings. The van der Waals surface area contributed by atoms with Crippen molar-refractivity contribution in [2.75, 3.05) is 0 Å². The number of hydrogen-bond donors (Lipinski definition) is 0. The third kappa shape index (κ3) is 10.3. The van der Waals surface area contributed by atoms with Gasteiger partial charge in [0.1, 0.15) is 5.60 Å². The summed E-state index contributed by atoms with van der Waals surface area (Å²) < 4.78 is 5.23. The monoisotopic (exact) mass is 255 g/mol.